The molecule has 2 atom stereocenters. The Balaban J connectivity index is 1.62. The van der Waals surface area contributed by atoms with Gasteiger partial charge in [-0.2, -0.15) is 4.98 Å². The summed E-state index contributed by atoms with van der Waals surface area (Å²) < 4.78 is 5.41. The molecule has 2 fully saturated rings. The van der Waals surface area contributed by atoms with Crippen LogP contribution in [0.2, 0.25) is 0 Å². The second-order valence-corrected chi connectivity index (χ2v) is 5.57. The van der Waals surface area contributed by atoms with Crippen molar-refractivity contribution in [2.24, 2.45) is 0 Å². The lowest BCUT2D eigenvalue weighted by Gasteiger charge is -2.31. The number of aromatic nitrogens is 2. The van der Waals surface area contributed by atoms with Crippen LogP contribution < -0.4 is 5.32 Å². The molecule has 2 aliphatic heterocycles. The zero-order chi connectivity index (χ0) is 12.4. The van der Waals surface area contributed by atoms with Gasteiger partial charge in [0.15, 0.2) is 5.82 Å². The smallest absolute Gasteiger partial charge is 0.228 e. The molecular weight excluding hydrogens is 228 g/mol. The number of likely N-dealkylation sites (tertiary alicyclic amines) is 1. The van der Waals surface area contributed by atoms with Gasteiger partial charge in [0.05, 0.1) is 0 Å². The van der Waals surface area contributed by atoms with Gasteiger partial charge in [-0.05, 0) is 39.4 Å². The fourth-order valence-corrected chi connectivity index (χ4v) is 3.00. The van der Waals surface area contributed by atoms with E-state index in [0.717, 1.165) is 37.6 Å². The van der Waals surface area contributed by atoms with Crippen LogP contribution in [0.3, 0.4) is 0 Å². The lowest BCUT2D eigenvalue weighted by atomic mass is 10.0. The zero-order valence-corrected chi connectivity index (χ0v) is 11.1. The average Bonchev–Trinajstić information content (AvgIpc) is 3.02. The molecular formula is C13H22N4O. The van der Waals surface area contributed by atoms with Gasteiger partial charge in [-0.25, -0.2) is 0 Å². The van der Waals surface area contributed by atoms with E-state index in [2.05, 4.69) is 27.4 Å². The van der Waals surface area contributed by atoms with Crippen molar-refractivity contribution in [1.29, 1.82) is 0 Å². The van der Waals surface area contributed by atoms with E-state index in [1.165, 1.54) is 25.8 Å². The van der Waals surface area contributed by atoms with E-state index in [4.69, 9.17) is 4.52 Å². The maximum atomic E-state index is 5.41. The fraction of sp³-hybridized carbons (Fsp3) is 0.846. The predicted molar refractivity (Wildman–Crippen MR) is 68.5 cm³/mol. The standard InChI is InChI=1S/C13H22N4O/c1-17-7-3-2-4-11(17)8-12-15-13(16-18-12)10-5-6-14-9-10/h10-11,14H,2-9H2,1H3. The first-order chi connectivity index (χ1) is 8.83. The summed E-state index contributed by atoms with van der Waals surface area (Å²) in [6.07, 6.45) is 5.92. The highest BCUT2D eigenvalue weighted by Gasteiger charge is 2.25. The molecule has 1 N–H and O–H groups in total. The lowest BCUT2D eigenvalue weighted by molar-refractivity contribution is 0.173. The molecule has 0 aromatic carbocycles. The highest BCUT2D eigenvalue weighted by atomic mass is 16.5. The Kier molecular flexibility index (Phi) is 3.61. The van der Waals surface area contributed by atoms with Crippen molar-refractivity contribution in [2.45, 2.75) is 44.1 Å². The molecule has 1 aromatic rings. The first-order valence-electron chi connectivity index (χ1n) is 7.06. The van der Waals surface area contributed by atoms with Crippen LogP contribution in [0.4, 0.5) is 0 Å². The van der Waals surface area contributed by atoms with Gasteiger partial charge in [0.25, 0.3) is 0 Å². The molecule has 0 amide bonds. The molecule has 0 radical (unpaired) electrons. The number of hydrogen-bond donors (Lipinski definition) is 1. The third-order valence-electron chi connectivity index (χ3n) is 4.24. The third kappa shape index (κ3) is 2.57. The molecule has 3 heterocycles. The number of piperidine rings is 1. The minimum absolute atomic E-state index is 0.451. The molecule has 0 bridgehead atoms. The Morgan fingerprint density at radius 3 is 3.11 bits per heavy atom. The van der Waals surface area contributed by atoms with Crippen molar-refractivity contribution < 1.29 is 4.52 Å². The quantitative estimate of drug-likeness (QED) is 0.873. The van der Waals surface area contributed by atoms with Gasteiger partial charge in [-0.1, -0.05) is 11.6 Å². The van der Waals surface area contributed by atoms with Crippen molar-refractivity contribution in [3.8, 4) is 0 Å². The first kappa shape index (κ1) is 12.1. The number of nitrogens with one attached hydrogen (secondary N) is 1. The minimum Gasteiger partial charge on any atom is -0.339 e. The van der Waals surface area contributed by atoms with E-state index in [1.807, 2.05) is 0 Å². The van der Waals surface area contributed by atoms with Crippen LogP contribution >= 0.6 is 0 Å². The summed E-state index contributed by atoms with van der Waals surface area (Å²) in [5.41, 5.74) is 0. The van der Waals surface area contributed by atoms with Gasteiger partial charge >= 0.3 is 0 Å². The maximum absolute atomic E-state index is 5.41. The molecule has 3 rings (SSSR count). The fourth-order valence-electron chi connectivity index (χ4n) is 3.00. The number of hydrogen-bond acceptors (Lipinski definition) is 5. The molecule has 5 nitrogen and oxygen atoms in total. The van der Waals surface area contributed by atoms with Crippen LogP contribution in [0.25, 0.3) is 0 Å². The Morgan fingerprint density at radius 1 is 1.39 bits per heavy atom. The van der Waals surface area contributed by atoms with Crippen LogP contribution in [0.1, 0.15) is 43.3 Å². The van der Waals surface area contributed by atoms with E-state index in [-0.39, 0.29) is 0 Å². The normalized spacial score (nSPS) is 29.8. The summed E-state index contributed by atoms with van der Waals surface area (Å²) in [5, 5.41) is 7.48. The molecule has 2 saturated heterocycles. The Hall–Kier alpha value is -0.940. The molecule has 0 saturated carbocycles. The monoisotopic (exact) mass is 250 g/mol. The second-order valence-electron chi connectivity index (χ2n) is 5.57. The van der Waals surface area contributed by atoms with Crippen LogP contribution in [-0.2, 0) is 6.42 Å². The van der Waals surface area contributed by atoms with Crippen molar-refractivity contribution >= 4 is 0 Å². The van der Waals surface area contributed by atoms with Crippen molar-refractivity contribution in [1.82, 2.24) is 20.4 Å². The zero-order valence-electron chi connectivity index (χ0n) is 11.1. The van der Waals surface area contributed by atoms with Crippen LogP contribution in [0.15, 0.2) is 4.52 Å². The lowest BCUT2D eigenvalue weighted by Crippen LogP contribution is -2.37. The SMILES string of the molecule is CN1CCCCC1Cc1nc(C2CCNC2)no1. The topological polar surface area (TPSA) is 54.2 Å². The molecule has 2 aliphatic rings. The summed E-state index contributed by atoms with van der Waals surface area (Å²) in [6.45, 7) is 3.25. The summed E-state index contributed by atoms with van der Waals surface area (Å²) in [7, 11) is 2.20. The Morgan fingerprint density at radius 2 is 2.33 bits per heavy atom. The maximum Gasteiger partial charge on any atom is 0.228 e. The third-order valence-corrected chi connectivity index (χ3v) is 4.24. The summed E-state index contributed by atoms with van der Waals surface area (Å²) in [6, 6.07) is 0.578. The van der Waals surface area contributed by atoms with Crippen molar-refractivity contribution in [2.75, 3.05) is 26.7 Å². The van der Waals surface area contributed by atoms with Gasteiger partial charge in [-0.15, -0.1) is 0 Å². The van der Waals surface area contributed by atoms with Gasteiger partial charge in [0.2, 0.25) is 5.89 Å². The van der Waals surface area contributed by atoms with Crippen molar-refractivity contribution in [3.05, 3.63) is 11.7 Å². The van der Waals surface area contributed by atoms with E-state index in [0.29, 0.717) is 12.0 Å². The molecule has 0 spiro atoms. The number of rotatable bonds is 3. The van der Waals surface area contributed by atoms with Crippen molar-refractivity contribution in [3.63, 3.8) is 0 Å². The van der Waals surface area contributed by atoms with E-state index >= 15 is 0 Å². The van der Waals surface area contributed by atoms with E-state index < -0.39 is 0 Å². The molecule has 1 aromatic heterocycles. The van der Waals surface area contributed by atoms with Crippen LogP contribution in [0.5, 0.6) is 0 Å². The largest absolute Gasteiger partial charge is 0.339 e. The summed E-state index contributed by atoms with van der Waals surface area (Å²) in [4.78, 5) is 7.00. The highest BCUT2D eigenvalue weighted by Crippen LogP contribution is 2.22. The highest BCUT2D eigenvalue weighted by molar-refractivity contribution is 5.00. The van der Waals surface area contributed by atoms with Crippen LogP contribution in [0, 0.1) is 0 Å². The molecule has 2 unspecified atom stereocenters. The van der Waals surface area contributed by atoms with Gasteiger partial charge in [-0.3, -0.25) is 0 Å². The van der Waals surface area contributed by atoms with Gasteiger partial charge < -0.3 is 14.7 Å². The van der Waals surface area contributed by atoms with E-state index in [1.54, 1.807) is 0 Å². The van der Waals surface area contributed by atoms with Crippen LogP contribution in [-0.4, -0.2) is 47.8 Å². The molecule has 18 heavy (non-hydrogen) atoms. The number of likely N-dealkylation sites (N-methyl/N-ethyl adjacent to an activating group) is 1. The second kappa shape index (κ2) is 5.36. The summed E-state index contributed by atoms with van der Waals surface area (Å²) >= 11 is 0. The average molecular weight is 250 g/mol. The minimum atomic E-state index is 0.451. The van der Waals surface area contributed by atoms with E-state index in [9.17, 15) is 0 Å². The number of nitrogens with zero attached hydrogens (tertiary/aromatic N) is 3. The van der Waals surface area contributed by atoms with Gasteiger partial charge in [0, 0.05) is 24.9 Å². The Bertz CT molecular complexity index is 386. The van der Waals surface area contributed by atoms with Gasteiger partial charge in [0.1, 0.15) is 0 Å². The predicted octanol–water partition coefficient (Wildman–Crippen LogP) is 1.17. The molecule has 0 aliphatic carbocycles. The summed E-state index contributed by atoms with van der Waals surface area (Å²) in [5.74, 6) is 2.16. The Labute approximate surface area is 108 Å². The molecule has 100 valence electrons. The first-order valence-corrected chi connectivity index (χ1v) is 7.06. The molecule has 5 heteroatoms.